The predicted octanol–water partition coefficient (Wildman–Crippen LogP) is 1.33. The molecule has 1 saturated heterocycles. The Kier molecular flexibility index (Phi) is 3.32. The summed E-state index contributed by atoms with van der Waals surface area (Å²) in [7, 11) is 0. The van der Waals surface area contributed by atoms with Gasteiger partial charge in [-0.2, -0.15) is 0 Å². The summed E-state index contributed by atoms with van der Waals surface area (Å²) in [6.07, 6.45) is 0.327. The minimum atomic E-state index is -1.22. The van der Waals surface area contributed by atoms with Gasteiger partial charge in [0.25, 0.3) is 0 Å². The Bertz CT molecular complexity index is 485. The number of rotatable bonds is 2. The van der Waals surface area contributed by atoms with Gasteiger partial charge in [-0.15, -0.1) is 0 Å². The summed E-state index contributed by atoms with van der Waals surface area (Å²) >= 11 is 0. The quantitative estimate of drug-likeness (QED) is 0.839. The number of nitrogens with one attached hydrogen (secondary N) is 1. The standard InChI is InChI=1S/C12H14F2N2O2/c1-7-2-3-8(13)10(9(7)14)16-11(17)12(15)4-5-18-6-12/h2-3H,4-6,15H2,1H3,(H,16,17). The van der Waals surface area contributed by atoms with Gasteiger partial charge in [0, 0.05) is 6.61 Å². The lowest BCUT2D eigenvalue weighted by atomic mass is 9.99. The molecule has 0 saturated carbocycles. The molecular weight excluding hydrogens is 242 g/mol. The van der Waals surface area contributed by atoms with Crippen molar-refractivity contribution in [3.8, 4) is 0 Å². The normalized spacial score (nSPS) is 23.1. The topological polar surface area (TPSA) is 64.4 Å². The van der Waals surface area contributed by atoms with Crippen molar-refractivity contribution in [2.45, 2.75) is 18.9 Å². The number of hydrogen-bond donors (Lipinski definition) is 2. The molecule has 1 atom stereocenters. The fraction of sp³-hybridized carbons (Fsp3) is 0.417. The highest BCUT2D eigenvalue weighted by atomic mass is 19.1. The number of amides is 1. The molecule has 18 heavy (non-hydrogen) atoms. The van der Waals surface area contributed by atoms with Crippen LogP contribution in [0.4, 0.5) is 14.5 Å². The smallest absolute Gasteiger partial charge is 0.247 e. The van der Waals surface area contributed by atoms with Crippen LogP contribution in [0.3, 0.4) is 0 Å². The molecule has 6 heteroatoms. The number of aryl methyl sites for hydroxylation is 1. The molecule has 0 aliphatic carbocycles. The zero-order valence-corrected chi connectivity index (χ0v) is 9.93. The molecule has 1 unspecified atom stereocenters. The van der Waals surface area contributed by atoms with Gasteiger partial charge >= 0.3 is 0 Å². The molecule has 0 bridgehead atoms. The Balaban J connectivity index is 2.24. The molecule has 98 valence electrons. The van der Waals surface area contributed by atoms with Crippen LogP contribution in [0.25, 0.3) is 0 Å². The molecule has 1 amide bonds. The van der Waals surface area contributed by atoms with Crippen LogP contribution in [0.15, 0.2) is 12.1 Å². The second-order valence-corrected chi connectivity index (χ2v) is 4.47. The summed E-state index contributed by atoms with van der Waals surface area (Å²) < 4.78 is 32.2. The number of benzene rings is 1. The second-order valence-electron chi connectivity index (χ2n) is 4.47. The highest BCUT2D eigenvalue weighted by molar-refractivity contribution is 5.98. The van der Waals surface area contributed by atoms with Gasteiger partial charge in [-0.05, 0) is 25.0 Å². The minimum absolute atomic E-state index is 0.0495. The molecular formula is C12H14F2N2O2. The first kappa shape index (κ1) is 12.9. The monoisotopic (exact) mass is 256 g/mol. The van der Waals surface area contributed by atoms with Gasteiger partial charge in [-0.3, -0.25) is 4.79 Å². The van der Waals surface area contributed by atoms with Crippen molar-refractivity contribution in [2.75, 3.05) is 18.5 Å². The second kappa shape index (κ2) is 4.62. The molecule has 2 rings (SSSR count). The molecule has 1 aliphatic heterocycles. The summed E-state index contributed by atoms with van der Waals surface area (Å²) in [6.45, 7) is 1.90. The van der Waals surface area contributed by atoms with E-state index < -0.39 is 28.8 Å². The lowest BCUT2D eigenvalue weighted by Crippen LogP contribution is -2.51. The van der Waals surface area contributed by atoms with Crippen LogP contribution in [0.2, 0.25) is 0 Å². The first-order valence-electron chi connectivity index (χ1n) is 5.57. The number of anilines is 1. The highest BCUT2D eigenvalue weighted by Crippen LogP contribution is 2.24. The Labute approximate surface area is 103 Å². The fourth-order valence-electron chi connectivity index (χ4n) is 1.77. The van der Waals surface area contributed by atoms with Crippen LogP contribution >= 0.6 is 0 Å². The lowest BCUT2D eigenvalue weighted by Gasteiger charge is -2.21. The SMILES string of the molecule is Cc1ccc(F)c(NC(=O)C2(N)CCOC2)c1F. The Morgan fingerprint density at radius 3 is 2.83 bits per heavy atom. The molecule has 0 radical (unpaired) electrons. The van der Waals surface area contributed by atoms with E-state index in [1.165, 1.54) is 13.0 Å². The van der Waals surface area contributed by atoms with Crippen molar-refractivity contribution in [3.05, 3.63) is 29.3 Å². The van der Waals surface area contributed by atoms with E-state index in [0.29, 0.717) is 13.0 Å². The maximum absolute atomic E-state index is 13.7. The van der Waals surface area contributed by atoms with E-state index in [-0.39, 0.29) is 12.2 Å². The molecule has 1 heterocycles. The van der Waals surface area contributed by atoms with Gasteiger partial charge in [0.05, 0.1) is 6.61 Å². The molecule has 3 N–H and O–H groups in total. The number of halogens is 2. The van der Waals surface area contributed by atoms with Crippen molar-refractivity contribution < 1.29 is 18.3 Å². The number of carbonyl (C=O) groups excluding carboxylic acids is 1. The first-order valence-corrected chi connectivity index (χ1v) is 5.57. The van der Waals surface area contributed by atoms with E-state index in [1.54, 1.807) is 0 Å². The number of carbonyl (C=O) groups is 1. The van der Waals surface area contributed by atoms with Crippen molar-refractivity contribution in [1.82, 2.24) is 0 Å². The maximum Gasteiger partial charge on any atom is 0.247 e. The summed E-state index contributed by atoms with van der Waals surface area (Å²) in [5, 5.41) is 2.21. The maximum atomic E-state index is 13.7. The summed E-state index contributed by atoms with van der Waals surface area (Å²) in [5.41, 5.74) is 4.38. The third-order valence-electron chi connectivity index (χ3n) is 3.03. The number of hydrogen-bond acceptors (Lipinski definition) is 3. The largest absolute Gasteiger partial charge is 0.379 e. The van der Waals surface area contributed by atoms with E-state index in [2.05, 4.69) is 5.32 Å². The van der Waals surface area contributed by atoms with Gasteiger partial charge in [-0.25, -0.2) is 8.78 Å². The molecule has 1 aromatic rings. The van der Waals surface area contributed by atoms with E-state index >= 15 is 0 Å². The van der Waals surface area contributed by atoms with Gasteiger partial charge in [-0.1, -0.05) is 6.07 Å². The molecule has 0 spiro atoms. The molecule has 4 nitrogen and oxygen atoms in total. The van der Waals surface area contributed by atoms with Crippen LogP contribution in [-0.2, 0) is 9.53 Å². The third kappa shape index (κ3) is 2.21. The third-order valence-corrected chi connectivity index (χ3v) is 3.03. The highest BCUT2D eigenvalue weighted by Gasteiger charge is 2.39. The van der Waals surface area contributed by atoms with Crippen molar-refractivity contribution in [2.24, 2.45) is 5.73 Å². The predicted molar refractivity (Wildman–Crippen MR) is 62.1 cm³/mol. The first-order chi connectivity index (χ1) is 8.44. The zero-order valence-electron chi connectivity index (χ0n) is 9.93. The Morgan fingerprint density at radius 2 is 2.22 bits per heavy atom. The fourth-order valence-corrected chi connectivity index (χ4v) is 1.77. The minimum Gasteiger partial charge on any atom is -0.379 e. The van der Waals surface area contributed by atoms with Gasteiger partial charge in [0.15, 0.2) is 5.82 Å². The van der Waals surface area contributed by atoms with Crippen molar-refractivity contribution >= 4 is 11.6 Å². The van der Waals surface area contributed by atoms with E-state index in [4.69, 9.17) is 10.5 Å². The van der Waals surface area contributed by atoms with E-state index in [9.17, 15) is 13.6 Å². The van der Waals surface area contributed by atoms with Gasteiger partial charge in [0.2, 0.25) is 5.91 Å². The average molecular weight is 256 g/mol. The molecule has 0 aromatic heterocycles. The van der Waals surface area contributed by atoms with Gasteiger partial charge < -0.3 is 15.8 Å². The van der Waals surface area contributed by atoms with E-state index in [1.807, 2.05) is 0 Å². The summed E-state index contributed by atoms with van der Waals surface area (Å²) in [6, 6.07) is 2.40. The van der Waals surface area contributed by atoms with Crippen molar-refractivity contribution in [3.63, 3.8) is 0 Å². The number of nitrogens with two attached hydrogens (primary N) is 1. The van der Waals surface area contributed by atoms with E-state index in [0.717, 1.165) is 6.07 Å². The zero-order chi connectivity index (χ0) is 13.3. The molecule has 1 aliphatic rings. The number of ether oxygens (including phenoxy) is 1. The lowest BCUT2D eigenvalue weighted by molar-refractivity contribution is -0.121. The van der Waals surface area contributed by atoms with Crippen LogP contribution in [0, 0.1) is 18.6 Å². The van der Waals surface area contributed by atoms with Gasteiger partial charge in [0.1, 0.15) is 17.0 Å². The Morgan fingerprint density at radius 1 is 1.50 bits per heavy atom. The summed E-state index contributed by atoms with van der Waals surface area (Å²) in [5.74, 6) is -2.25. The van der Waals surface area contributed by atoms with Crippen LogP contribution < -0.4 is 11.1 Å². The van der Waals surface area contributed by atoms with Crippen LogP contribution in [0.1, 0.15) is 12.0 Å². The average Bonchev–Trinajstić information content (AvgIpc) is 2.78. The van der Waals surface area contributed by atoms with Crippen LogP contribution in [-0.4, -0.2) is 24.7 Å². The van der Waals surface area contributed by atoms with Crippen LogP contribution in [0.5, 0.6) is 0 Å². The Hall–Kier alpha value is -1.53. The van der Waals surface area contributed by atoms with Crippen molar-refractivity contribution in [1.29, 1.82) is 0 Å². The molecule has 1 fully saturated rings. The molecule has 1 aromatic carbocycles. The summed E-state index contributed by atoms with van der Waals surface area (Å²) in [4.78, 5) is 11.9.